The molecular weight excluding hydrogens is 169 g/mol. The van der Waals surface area contributed by atoms with Crippen molar-refractivity contribution >= 4 is 0 Å². The summed E-state index contributed by atoms with van der Waals surface area (Å²) in [4.78, 5) is 0. The Morgan fingerprint density at radius 3 is 3.00 bits per heavy atom. The van der Waals surface area contributed by atoms with E-state index in [1.54, 1.807) is 6.07 Å². The number of methoxy groups -OCH3 is 1. The fraction of sp³-hybridized carbons (Fsp3) is 0.400. The van der Waals surface area contributed by atoms with Gasteiger partial charge in [-0.05, 0) is 30.0 Å². The zero-order valence-electron chi connectivity index (χ0n) is 7.51. The van der Waals surface area contributed by atoms with Gasteiger partial charge in [0.05, 0.1) is 7.11 Å². The van der Waals surface area contributed by atoms with Gasteiger partial charge in [-0.2, -0.15) is 0 Å². The summed E-state index contributed by atoms with van der Waals surface area (Å²) in [6.45, 7) is 0. The molecule has 2 N–H and O–H groups in total. The number of ether oxygens (including phenoxy) is 1. The Labute approximate surface area is 76.5 Å². The van der Waals surface area contributed by atoms with Crippen molar-refractivity contribution in [2.24, 2.45) is 5.73 Å². The molecular formula is C10H12FNO. The molecule has 0 heterocycles. The van der Waals surface area contributed by atoms with Crippen molar-refractivity contribution in [3.8, 4) is 5.75 Å². The lowest BCUT2D eigenvalue weighted by Gasteiger charge is -2.08. The van der Waals surface area contributed by atoms with Crippen molar-refractivity contribution in [2.75, 3.05) is 7.11 Å². The number of hydrogen-bond acceptors (Lipinski definition) is 2. The van der Waals surface area contributed by atoms with Crippen LogP contribution >= 0.6 is 0 Å². The molecule has 0 aliphatic heterocycles. The van der Waals surface area contributed by atoms with Gasteiger partial charge in [-0.25, -0.2) is 4.39 Å². The van der Waals surface area contributed by atoms with Crippen molar-refractivity contribution < 1.29 is 9.13 Å². The first-order valence-electron chi connectivity index (χ1n) is 4.35. The zero-order chi connectivity index (χ0) is 9.42. The normalized spacial score (nSPS) is 20.1. The van der Waals surface area contributed by atoms with Crippen LogP contribution in [0.25, 0.3) is 0 Å². The number of hydrogen-bond donors (Lipinski definition) is 1. The molecule has 0 amide bonds. The molecule has 0 bridgehead atoms. The molecule has 1 atom stereocenters. The maximum Gasteiger partial charge on any atom is 0.168 e. The quantitative estimate of drug-likeness (QED) is 0.716. The second kappa shape index (κ2) is 3.00. The van der Waals surface area contributed by atoms with E-state index in [1.807, 2.05) is 6.07 Å². The third-order valence-corrected chi connectivity index (χ3v) is 2.57. The largest absolute Gasteiger partial charge is 0.494 e. The van der Waals surface area contributed by atoms with Crippen LogP contribution in [-0.4, -0.2) is 7.11 Å². The highest BCUT2D eigenvalue weighted by molar-refractivity contribution is 5.42. The fourth-order valence-corrected chi connectivity index (χ4v) is 1.83. The summed E-state index contributed by atoms with van der Waals surface area (Å²) in [7, 11) is 1.47. The van der Waals surface area contributed by atoms with E-state index in [-0.39, 0.29) is 11.9 Å². The Morgan fingerprint density at radius 1 is 1.54 bits per heavy atom. The van der Waals surface area contributed by atoms with Gasteiger partial charge < -0.3 is 10.5 Å². The van der Waals surface area contributed by atoms with Crippen LogP contribution in [0.3, 0.4) is 0 Å². The molecule has 0 saturated carbocycles. The Balaban J connectivity index is 2.54. The topological polar surface area (TPSA) is 35.2 Å². The van der Waals surface area contributed by atoms with Crippen molar-refractivity contribution in [2.45, 2.75) is 18.9 Å². The van der Waals surface area contributed by atoms with Gasteiger partial charge in [0.1, 0.15) is 0 Å². The van der Waals surface area contributed by atoms with E-state index in [4.69, 9.17) is 10.5 Å². The molecule has 0 spiro atoms. The van der Waals surface area contributed by atoms with E-state index >= 15 is 0 Å². The summed E-state index contributed by atoms with van der Waals surface area (Å²) in [5, 5.41) is 0. The highest BCUT2D eigenvalue weighted by Gasteiger charge is 2.23. The van der Waals surface area contributed by atoms with E-state index in [0.717, 1.165) is 24.0 Å². The van der Waals surface area contributed by atoms with Gasteiger partial charge in [-0.1, -0.05) is 6.07 Å². The summed E-state index contributed by atoms with van der Waals surface area (Å²) in [5.74, 6) is 0.0702. The van der Waals surface area contributed by atoms with Crippen molar-refractivity contribution in [1.82, 2.24) is 0 Å². The lowest BCUT2D eigenvalue weighted by molar-refractivity contribution is 0.384. The molecule has 0 radical (unpaired) electrons. The van der Waals surface area contributed by atoms with Crippen LogP contribution in [0.15, 0.2) is 12.1 Å². The first kappa shape index (κ1) is 8.51. The van der Waals surface area contributed by atoms with E-state index in [1.165, 1.54) is 7.11 Å². The van der Waals surface area contributed by atoms with Gasteiger partial charge >= 0.3 is 0 Å². The lowest BCUT2D eigenvalue weighted by atomic mass is 10.1. The van der Waals surface area contributed by atoms with Gasteiger partial charge in [0.25, 0.3) is 0 Å². The first-order chi connectivity index (χ1) is 6.24. The summed E-state index contributed by atoms with van der Waals surface area (Å²) < 4.78 is 18.5. The second-order valence-corrected chi connectivity index (χ2v) is 3.29. The average molecular weight is 181 g/mol. The van der Waals surface area contributed by atoms with E-state index < -0.39 is 0 Å². The van der Waals surface area contributed by atoms with E-state index in [2.05, 4.69) is 0 Å². The molecule has 1 unspecified atom stereocenters. The molecule has 1 aliphatic rings. The third-order valence-electron chi connectivity index (χ3n) is 2.57. The first-order valence-corrected chi connectivity index (χ1v) is 4.35. The fourth-order valence-electron chi connectivity index (χ4n) is 1.83. The molecule has 0 saturated heterocycles. The van der Waals surface area contributed by atoms with Crippen LogP contribution < -0.4 is 10.5 Å². The van der Waals surface area contributed by atoms with Crippen LogP contribution in [0.5, 0.6) is 5.75 Å². The maximum atomic E-state index is 13.6. The SMILES string of the molecule is COc1ccc2c(c1F)CCC2N. The van der Waals surface area contributed by atoms with Crippen molar-refractivity contribution in [3.05, 3.63) is 29.1 Å². The van der Waals surface area contributed by atoms with Gasteiger partial charge in [-0.3, -0.25) is 0 Å². The summed E-state index contributed by atoms with van der Waals surface area (Å²) >= 11 is 0. The predicted molar refractivity (Wildman–Crippen MR) is 48.2 cm³/mol. The van der Waals surface area contributed by atoms with Crippen LogP contribution in [-0.2, 0) is 6.42 Å². The molecule has 1 aliphatic carbocycles. The van der Waals surface area contributed by atoms with Gasteiger partial charge in [-0.15, -0.1) is 0 Å². The van der Waals surface area contributed by atoms with Crippen LogP contribution in [0, 0.1) is 5.82 Å². The highest BCUT2D eigenvalue weighted by Crippen LogP contribution is 2.34. The summed E-state index contributed by atoms with van der Waals surface area (Å²) in [5.41, 5.74) is 7.46. The molecule has 70 valence electrons. The molecule has 3 heteroatoms. The Hall–Kier alpha value is -1.09. The standard InChI is InChI=1S/C10H12FNO/c1-13-9-5-3-6-7(10(9)11)2-4-8(6)12/h3,5,8H,2,4,12H2,1H3. The predicted octanol–water partition coefficient (Wildman–Crippen LogP) is 1.78. The van der Waals surface area contributed by atoms with Gasteiger partial charge in [0.2, 0.25) is 0 Å². The molecule has 0 aromatic heterocycles. The van der Waals surface area contributed by atoms with Gasteiger partial charge in [0, 0.05) is 6.04 Å². The van der Waals surface area contributed by atoms with E-state index in [9.17, 15) is 4.39 Å². The zero-order valence-corrected chi connectivity index (χ0v) is 7.51. The number of halogens is 1. The molecule has 1 aromatic rings. The molecule has 0 fully saturated rings. The number of nitrogens with two attached hydrogens (primary N) is 1. The van der Waals surface area contributed by atoms with Crippen LogP contribution in [0.4, 0.5) is 4.39 Å². The maximum absolute atomic E-state index is 13.6. The number of benzene rings is 1. The molecule has 1 aromatic carbocycles. The molecule has 13 heavy (non-hydrogen) atoms. The summed E-state index contributed by atoms with van der Waals surface area (Å²) in [6.07, 6.45) is 1.55. The second-order valence-electron chi connectivity index (χ2n) is 3.29. The summed E-state index contributed by atoms with van der Waals surface area (Å²) in [6, 6.07) is 3.49. The monoisotopic (exact) mass is 181 g/mol. The Kier molecular flexibility index (Phi) is 1.96. The minimum atomic E-state index is -0.243. The average Bonchev–Trinajstić information content (AvgIpc) is 2.50. The Bertz CT molecular complexity index is 338. The smallest absolute Gasteiger partial charge is 0.168 e. The minimum Gasteiger partial charge on any atom is -0.494 e. The highest BCUT2D eigenvalue weighted by atomic mass is 19.1. The van der Waals surface area contributed by atoms with Crippen LogP contribution in [0.2, 0.25) is 0 Å². The number of rotatable bonds is 1. The third kappa shape index (κ3) is 1.20. The minimum absolute atomic E-state index is 0.00425. The Morgan fingerprint density at radius 2 is 2.31 bits per heavy atom. The van der Waals surface area contributed by atoms with E-state index in [0.29, 0.717) is 5.75 Å². The van der Waals surface area contributed by atoms with Gasteiger partial charge in [0.15, 0.2) is 11.6 Å². The number of fused-ring (bicyclic) bond motifs is 1. The van der Waals surface area contributed by atoms with Crippen molar-refractivity contribution in [3.63, 3.8) is 0 Å². The van der Waals surface area contributed by atoms with Crippen molar-refractivity contribution in [1.29, 1.82) is 0 Å². The van der Waals surface area contributed by atoms with Crippen LogP contribution in [0.1, 0.15) is 23.6 Å². The lowest BCUT2D eigenvalue weighted by Crippen LogP contribution is -2.05. The molecule has 2 nitrogen and oxygen atoms in total. The molecule has 2 rings (SSSR count).